The van der Waals surface area contributed by atoms with E-state index in [0.29, 0.717) is 46.0 Å². The average Bonchev–Trinajstić information content (AvgIpc) is 2.89. The largest absolute Gasteiger partial charge is 0.497 e. The highest BCUT2D eigenvalue weighted by Crippen LogP contribution is 2.28. The summed E-state index contributed by atoms with van der Waals surface area (Å²) in [6, 6.07) is 19.2. The maximum atomic E-state index is 13.7. The molecule has 4 rings (SSSR count). The van der Waals surface area contributed by atoms with Crippen molar-refractivity contribution in [1.82, 2.24) is 14.5 Å². The lowest BCUT2D eigenvalue weighted by atomic mass is 10.1. The molecule has 1 aromatic heterocycles. The number of para-hydroxylation sites is 1. The van der Waals surface area contributed by atoms with Gasteiger partial charge in [-0.2, -0.15) is 0 Å². The first-order valence-electron chi connectivity index (χ1n) is 11.2. The molecule has 0 aliphatic rings. The van der Waals surface area contributed by atoms with Crippen molar-refractivity contribution in [2.45, 2.75) is 19.9 Å². The highest BCUT2D eigenvalue weighted by molar-refractivity contribution is 9.10. The van der Waals surface area contributed by atoms with Gasteiger partial charge in [-0.1, -0.05) is 28.1 Å². The van der Waals surface area contributed by atoms with Gasteiger partial charge in [0.05, 0.1) is 36.9 Å². The lowest BCUT2D eigenvalue weighted by Gasteiger charge is -2.30. The minimum Gasteiger partial charge on any atom is -0.497 e. The predicted octanol–water partition coefficient (Wildman–Crippen LogP) is 5.39. The van der Waals surface area contributed by atoms with Crippen LogP contribution in [0.3, 0.4) is 0 Å². The smallest absolute Gasteiger partial charge is 0.266 e. The Labute approximate surface area is 212 Å². The van der Waals surface area contributed by atoms with Gasteiger partial charge in [-0.25, -0.2) is 4.98 Å². The van der Waals surface area contributed by atoms with Gasteiger partial charge in [-0.3, -0.25) is 14.2 Å². The summed E-state index contributed by atoms with van der Waals surface area (Å²) in [4.78, 5) is 33.8. The fraction of sp³-hybridized carbons (Fsp3) is 0.222. The zero-order valence-electron chi connectivity index (χ0n) is 20.0. The number of methoxy groups -OCH3 is 2. The molecule has 3 aromatic carbocycles. The number of nitrogens with zero attached hydrogens (tertiary/aromatic N) is 3. The quantitative estimate of drug-likeness (QED) is 0.317. The molecular formula is C27H26BrN3O4. The molecule has 0 radical (unpaired) electrons. The fourth-order valence-electron chi connectivity index (χ4n) is 4.10. The number of benzene rings is 3. The minimum absolute atomic E-state index is 0.189. The molecule has 7 nitrogen and oxygen atoms in total. The Hall–Kier alpha value is -3.65. The topological polar surface area (TPSA) is 73.7 Å². The second kappa shape index (κ2) is 10.3. The number of aromatic nitrogens is 2. The Morgan fingerprint density at radius 2 is 1.66 bits per heavy atom. The van der Waals surface area contributed by atoms with Crippen LogP contribution in [0.1, 0.15) is 36.1 Å². The highest BCUT2D eigenvalue weighted by atomic mass is 79.9. The second-order valence-electron chi connectivity index (χ2n) is 7.97. The fourth-order valence-corrected chi connectivity index (χ4v) is 4.36. The van der Waals surface area contributed by atoms with Crippen molar-refractivity contribution in [2.24, 2.45) is 0 Å². The van der Waals surface area contributed by atoms with Crippen molar-refractivity contribution < 1.29 is 14.3 Å². The van der Waals surface area contributed by atoms with Crippen LogP contribution < -0.4 is 15.0 Å². The van der Waals surface area contributed by atoms with Gasteiger partial charge in [0.1, 0.15) is 17.3 Å². The Morgan fingerprint density at radius 1 is 1.03 bits per heavy atom. The van der Waals surface area contributed by atoms with Gasteiger partial charge in [0.2, 0.25) is 0 Å². The van der Waals surface area contributed by atoms with Gasteiger partial charge in [0.25, 0.3) is 11.5 Å². The first-order valence-corrected chi connectivity index (χ1v) is 12.0. The van der Waals surface area contributed by atoms with Gasteiger partial charge in [-0.05, 0) is 62.4 Å². The molecule has 0 saturated heterocycles. The molecule has 0 saturated carbocycles. The van der Waals surface area contributed by atoms with E-state index in [1.54, 1.807) is 48.0 Å². The summed E-state index contributed by atoms with van der Waals surface area (Å²) in [6.07, 6.45) is 0. The van der Waals surface area contributed by atoms with Crippen LogP contribution >= 0.6 is 15.9 Å². The number of amides is 1. The van der Waals surface area contributed by atoms with Gasteiger partial charge >= 0.3 is 0 Å². The molecule has 180 valence electrons. The number of halogens is 1. The van der Waals surface area contributed by atoms with Crippen LogP contribution in [0.5, 0.6) is 11.5 Å². The third-order valence-electron chi connectivity index (χ3n) is 5.93. The molecule has 0 aliphatic heterocycles. The van der Waals surface area contributed by atoms with Crippen molar-refractivity contribution in [2.75, 3.05) is 20.8 Å². The zero-order valence-corrected chi connectivity index (χ0v) is 21.6. The summed E-state index contributed by atoms with van der Waals surface area (Å²) >= 11 is 3.45. The molecule has 4 aromatic rings. The molecule has 0 N–H and O–H groups in total. The average molecular weight is 536 g/mol. The molecule has 35 heavy (non-hydrogen) atoms. The van der Waals surface area contributed by atoms with Crippen molar-refractivity contribution in [3.8, 4) is 17.2 Å². The molecule has 1 heterocycles. The van der Waals surface area contributed by atoms with Crippen LogP contribution in [-0.2, 0) is 0 Å². The Bertz CT molecular complexity index is 1410. The molecule has 0 bridgehead atoms. The van der Waals surface area contributed by atoms with Crippen LogP contribution in [0.15, 0.2) is 76.0 Å². The van der Waals surface area contributed by atoms with E-state index in [-0.39, 0.29) is 11.5 Å². The molecular weight excluding hydrogens is 510 g/mol. The zero-order chi connectivity index (χ0) is 25.1. The minimum atomic E-state index is -0.509. The summed E-state index contributed by atoms with van der Waals surface area (Å²) in [7, 11) is 3.08. The Balaban J connectivity index is 1.87. The first kappa shape index (κ1) is 24.5. The lowest BCUT2D eigenvalue weighted by molar-refractivity contribution is 0.0692. The lowest BCUT2D eigenvalue weighted by Crippen LogP contribution is -2.37. The maximum absolute atomic E-state index is 13.7. The second-order valence-corrected chi connectivity index (χ2v) is 8.89. The summed E-state index contributed by atoms with van der Waals surface area (Å²) in [5.74, 6) is 1.29. The van der Waals surface area contributed by atoms with Gasteiger partial charge in [0, 0.05) is 22.6 Å². The summed E-state index contributed by atoms with van der Waals surface area (Å²) in [6.45, 7) is 4.18. The number of fused-ring (bicyclic) bond motifs is 1. The molecule has 0 aliphatic carbocycles. The molecule has 8 heteroatoms. The van der Waals surface area contributed by atoms with Crippen LogP contribution in [0.25, 0.3) is 16.6 Å². The third-order valence-corrected chi connectivity index (χ3v) is 6.46. The highest BCUT2D eigenvalue weighted by Gasteiger charge is 2.27. The molecule has 1 amide bonds. The van der Waals surface area contributed by atoms with E-state index in [1.165, 1.54) is 0 Å². The predicted molar refractivity (Wildman–Crippen MR) is 140 cm³/mol. The summed E-state index contributed by atoms with van der Waals surface area (Å²) < 4.78 is 13.2. The monoisotopic (exact) mass is 535 g/mol. The van der Waals surface area contributed by atoms with E-state index in [4.69, 9.17) is 14.5 Å². The summed E-state index contributed by atoms with van der Waals surface area (Å²) in [5.41, 5.74) is 1.49. The maximum Gasteiger partial charge on any atom is 0.266 e. The third kappa shape index (κ3) is 4.79. The van der Waals surface area contributed by atoms with E-state index < -0.39 is 6.04 Å². The van der Waals surface area contributed by atoms with E-state index in [9.17, 15) is 9.59 Å². The molecule has 1 atom stereocenters. The van der Waals surface area contributed by atoms with Crippen molar-refractivity contribution in [3.63, 3.8) is 0 Å². The van der Waals surface area contributed by atoms with Crippen LogP contribution in [0.2, 0.25) is 0 Å². The van der Waals surface area contributed by atoms with E-state index >= 15 is 0 Å². The van der Waals surface area contributed by atoms with Crippen molar-refractivity contribution >= 4 is 32.7 Å². The standard InChI is InChI=1S/C27H26BrN3O4/c1-5-30(26(32)18-14-21(34-3)16-22(15-18)35-4)17(2)25-29-24-9-7-6-8-23(24)27(33)31(25)20-12-10-19(28)11-13-20/h6-17H,5H2,1-4H3. The van der Waals surface area contributed by atoms with Crippen LogP contribution in [0, 0.1) is 0 Å². The SMILES string of the molecule is CCN(C(=O)c1cc(OC)cc(OC)c1)C(C)c1nc2ccccc2c(=O)n1-c1ccc(Br)cc1. The number of hydrogen-bond donors (Lipinski definition) is 0. The van der Waals surface area contributed by atoms with E-state index in [2.05, 4.69) is 15.9 Å². The van der Waals surface area contributed by atoms with Gasteiger partial charge < -0.3 is 14.4 Å². The normalized spacial score (nSPS) is 11.8. The van der Waals surface area contributed by atoms with Gasteiger partial charge in [0.15, 0.2) is 0 Å². The van der Waals surface area contributed by atoms with Crippen LogP contribution in [-0.4, -0.2) is 41.1 Å². The van der Waals surface area contributed by atoms with Crippen molar-refractivity contribution in [3.05, 3.63) is 92.9 Å². The number of carbonyl (C=O) groups is 1. The number of ether oxygens (including phenoxy) is 2. The summed E-state index contributed by atoms with van der Waals surface area (Å²) in [5, 5.41) is 0.512. The van der Waals surface area contributed by atoms with E-state index in [1.807, 2.05) is 56.3 Å². The first-order chi connectivity index (χ1) is 16.9. The molecule has 0 fully saturated rings. The van der Waals surface area contributed by atoms with Gasteiger partial charge in [-0.15, -0.1) is 0 Å². The molecule has 1 unspecified atom stereocenters. The number of carbonyl (C=O) groups excluding carboxylic acids is 1. The Kier molecular flexibility index (Phi) is 7.21. The number of rotatable bonds is 7. The van der Waals surface area contributed by atoms with Crippen LogP contribution in [0.4, 0.5) is 0 Å². The van der Waals surface area contributed by atoms with Crippen molar-refractivity contribution in [1.29, 1.82) is 0 Å². The number of hydrogen-bond acceptors (Lipinski definition) is 5. The Morgan fingerprint density at radius 3 is 2.26 bits per heavy atom. The molecule has 0 spiro atoms. The van der Waals surface area contributed by atoms with E-state index in [0.717, 1.165) is 4.47 Å².